The average molecular weight is 331 g/mol. The van der Waals surface area contributed by atoms with E-state index in [9.17, 15) is 4.79 Å². The third-order valence-corrected chi connectivity index (χ3v) is 4.87. The van der Waals surface area contributed by atoms with Gasteiger partial charge in [-0.15, -0.1) is 10.2 Å². The highest BCUT2D eigenvalue weighted by atomic mass is 32.1. The Labute approximate surface area is 140 Å². The molecule has 0 unspecified atom stereocenters. The zero-order valence-corrected chi connectivity index (χ0v) is 14.3. The maximum absolute atomic E-state index is 12.0. The van der Waals surface area contributed by atoms with E-state index >= 15 is 0 Å². The number of nitrogens with one attached hydrogen (secondary N) is 1. The summed E-state index contributed by atoms with van der Waals surface area (Å²) in [4.78, 5) is 16.6. The number of aromatic nitrogens is 2. The topological polar surface area (TPSA) is 61.4 Å². The van der Waals surface area contributed by atoms with Crippen molar-refractivity contribution in [3.8, 4) is 0 Å². The second-order valence-corrected chi connectivity index (χ2v) is 6.61. The summed E-state index contributed by atoms with van der Waals surface area (Å²) < 4.78 is 0. The van der Waals surface area contributed by atoms with Gasteiger partial charge in [0, 0.05) is 31.9 Å². The Hall–Kier alpha value is -1.99. The van der Waals surface area contributed by atoms with Crippen LogP contribution in [-0.4, -0.2) is 53.7 Å². The summed E-state index contributed by atoms with van der Waals surface area (Å²) in [5, 5.41) is 10.9. The highest BCUT2D eigenvalue weighted by Crippen LogP contribution is 2.23. The molecule has 2 aromatic rings. The largest absolute Gasteiger partial charge is 0.369 e. The van der Waals surface area contributed by atoms with Crippen LogP contribution in [0.5, 0.6) is 0 Å². The molecule has 1 N–H and O–H groups in total. The van der Waals surface area contributed by atoms with E-state index in [0.29, 0.717) is 11.7 Å². The summed E-state index contributed by atoms with van der Waals surface area (Å²) in [5.41, 5.74) is 5.58. The van der Waals surface area contributed by atoms with Gasteiger partial charge < -0.3 is 4.90 Å². The fourth-order valence-corrected chi connectivity index (χ4v) is 3.28. The first kappa shape index (κ1) is 15.9. The minimum absolute atomic E-state index is 0.0260. The van der Waals surface area contributed by atoms with Crippen molar-refractivity contribution < 1.29 is 4.79 Å². The number of anilines is 2. The number of piperazine rings is 1. The van der Waals surface area contributed by atoms with Gasteiger partial charge in [0.15, 0.2) is 0 Å². The molecule has 0 spiro atoms. The van der Waals surface area contributed by atoms with Crippen molar-refractivity contribution in [3.05, 3.63) is 34.8 Å². The number of amides is 1. The Balaban J connectivity index is 1.52. The van der Waals surface area contributed by atoms with Crippen molar-refractivity contribution >= 4 is 28.1 Å². The number of benzene rings is 1. The van der Waals surface area contributed by atoms with Gasteiger partial charge in [-0.25, -0.2) is 0 Å². The summed E-state index contributed by atoms with van der Waals surface area (Å²) in [5.74, 6) is -0.0260. The van der Waals surface area contributed by atoms with Crippen LogP contribution < -0.4 is 10.2 Å². The molecule has 23 heavy (non-hydrogen) atoms. The van der Waals surface area contributed by atoms with E-state index in [1.807, 2.05) is 0 Å². The minimum atomic E-state index is -0.0260. The van der Waals surface area contributed by atoms with Crippen LogP contribution in [0.3, 0.4) is 0 Å². The minimum Gasteiger partial charge on any atom is -0.369 e. The molecule has 1 amide bonds. The predicted octanol–water partition coefficient (Wildman–Crippen LogP) is 1.92. The van der Waals surface area contributed by atoms with Gasteiger partial charge in [0.25, 0.3) is 0 Å². The highest BCUT2D eigenvalue weighted by Gasteiger charge is 2.20. The molecule has 1 fully saturated rings. The Morgan fingerprint density at radius 1 is 1.26 bits per heavy atom. The number of nitrogens with zero attached hydrogens (tertiary/aromatic N) is 4. The summed E-state index contributed by atoms with van der Waals surface area (Å²) in [6.45, 7) is 8.38. The van der Waals surface area contributed by atoms with Crippen LogP contribution in [0.4, 0.5) is 10.8 Å². The molecule has 1 aromatic heterocycles. The van der Waals surface area contributed by atoms with Gasteiger partial charge in [0.2, 0.25) is 11.0 Å². The van der Waals surface area contributed by atoms with Gasteiger partial charge >= 0.3 is 0 Å². The van der Waals surface area contributed by atoms with Crippen molar-refractivity contribution in [2.75, 3.05) is 42.9 Å². The fourth-order valence-electron chi connectivity index (χ4n) is 2.81. The van der Waals surface area contributed by atoms with Gasteiger partial charge in [-0.3, -0.25) is 15.0 Å². The van der Waals surface area contributed by atoms with Crippen LogP contribution in [0.15, 0.2) is 23.7 Å². The van der Waals surface area contributed by atoms with Crippen LogP contribution in [0.1, 0.15) is 11.1 Å². The normalized spacial score (nSPS) is 15.7. The van der Waals surface area contributed by atoms with Gasteiger partial charge in [-0.1, -0.05) is 23.5 Å². The third kappa shape index (κ3) is 3.86. The molecule has 1 saturated heterocycles. The molecule has 1 aliphatic rings. The first-order valence-electron chi connectivity index (χ1n) is 7.73. The van der Waals surface area contributed by atoms with Gasteiger partial charge in [0.1, 0.15) is 5.51 Å². The molecule has 7 heteroatoms. The number of aryl methyl sites for hydroxylation is 1. The molecule has 6 nitrogen and oxygen atoms in total. The number of hydrogen-bond donors (Lipinski definition) is 1. The molecular formula is C16H21N5OS. The first-order chi connectivity index (χ1) is 11.1. The first-order valence-corrected chi connectivity index (χ1v) is 8.61. The highest BCUT2D eigenvalue weighted by molar-refractivity contribution is 7.13. The molecule has 122 valence electrons. The lowest BCUT2D eigenvalue weighted by Gasteiger charge is -2.36. The van der Waals surface area contributed by atoms with Crippen molar-refractivity contribution in [1.29, 1.82) is 0 Å². The summed E-state index contributed by atoms with van der Waals surface area (Å²) in [7, 11) is 0. The predicted molar refractivity (Wildman–Crippen MR) is 93.1 cm³/mol. The zero-order valence-electron chi connectivity index (χ0n) is 13.5. The number of carbonyl (C=O) groups excluding carboxylic acids is 1. The molecule has 0 saturated carbocycles. The van der Waals surface area contributed by atoms with Gasteiger partial charge in [0.05, 0.1) is 6.54 Å². The molecular weight excluding hydrogens is 310 g/mol. The van der Waals surface area contributed by atoms with E-state index in [1.54, 1.807) is 5.51 Å². The Morgan fingerprint density at radius 3 is 2.74 bits per heavy atom. The SMILES string of the molecule is Cc1cccc(N2CCN(CC(=O)Nc3nncs3)CC2)c1C. The third-order valence-electron chi connectivity index (χ3n) is 4.26. The molecule has 1 aliphatic heterocycles. The molecule has 0 atom stereocenters. The lowest BCUT2D eigenvalue weighted by atomic mass is 10.1. The van der Waals surface area contributed by atoms with Gasteiger partial charge in [-0.2, -0.15) is 0 Å². The lowest BCUT2D eigenvalue weighted by molar-refractivity contribution is -0.117. The number of hydrogen-bond acceptors (Lipinski definition) is 6. The van der Waals surface area contributed by atoms with E-state index in [2.05, 4.69) is 57.4 Å². The van der Waals surface area contributed by atoms with E-state index in [4.69, 9.17) is 0 Å². The smallest absolute Gasteiger partial charge is 0.240 e. The number of rotatable bonds is 4. The molecule has 0 radical (unpaired) electrons. The zero-order chi connectivity index (χ0) is 16.2. The molecule has 3 rings (SSSR count). The van der Waals surface area contributed by atoms with Crippen LogP contribution in [0, 0.1) is 13.8 Å². The summed E-state index contributed by atoms with van der Waals surface area (Å²) in [6.07, 6.45) is 0. The van der Waals surface area contributed by atoms with E-state index in [-0.39, 0.29) is 5.91 Å². The monoisotopic (exact) mass is 331 g/mol. The Bertz CT molecular complexity index is 665. The average Bonchev–Trinajstić information content (AvgIpc) is 3.04. The van der Waals surface area contributed by atoms with Crippen molar-refractivity contribution in [1.82, 2.24) is 15.1 Å². The molecule has 0 aliphatic carbocycles. The Morgan fingerprint density at radius 2 is 2.04 bits per heavy atom. The molecule has 2 heterocycles. The second kappa shape index (κ2) is 7.06. The molecule has 1 aromatic carbocycles. The summed E-state index contributed by atoms with van der Waals surface area (Å²) >= 11 is 1.33. The van der Waals surface area contributed by atoms with Crippen LogP contribution >= 0.6 is 11.3 Å². The van der Waals surface area contributed by atoms with E-state index in [0.717, 1.165) is 26.2 Å². The van der Waals surface area contributed by atoms with Crippen LogP contribution in [0.25, 0.3) is 0 Å². The quantitative estimate of drug-likeness (QED) is 0.927. The van der Waals surface area contributed by atoms with Crippen molar-refractivity contribution in [2.45, 2.75) is 13.8 Å². The summed E-state index contributed by atoms with van der Waals surface area (Å²) in [6, 6.07) is 6.44. The number of carbonyl (C=O) groups is 1. The maximum atomic E-state index is 12.0. The second-order valence-electron chi connectivity index (χ2n) is 5.77. The van der Waals surface area contributed by atoms with Crippen LogP contribution in [0.2, 0.25) is 0 Å². The Kier molecular flexibility index (Phi) is 4.88. The fraction of sp³-hybridized carbons (Fsp3) is 0.438. The standard InChI is InChI=1S/C16H21N5OS/c1-12-4-3-5-14(13(12)2)21-8-6-20(7-9-21)10-15(22)18-16-19-17-11-23-16/h3-5,11H,6-10H2,1-2H3,(H,18,19,22). The van der Waals surface area contributed by atoms with E-state index in [1.165, 1.54) is 28.2 Å². The molecule has 0 bridgehead atoms. The maximum Gasteiger partial charge on any atom is 0.240 e. The van der Waals surface area contributed by atoms with Crippen molar-refractivity contribution in [2.24, 2.45) is 0 Å². The van der Waals surface area contributed by atoms with Crippen LogP contribution in [-0.2, 0) is 4.79 Å². The van der Waals surface area contributed by atoms with E-state index < -0.39 is 0 Å². The van der Waals surface area contributed by atoms with Gasteiger partial charge in [-0.05, 0) is 31.0 Å². The van der Waals surface area contributed by atoms with Crippen molar-refractivity contribution in [3.63, 3.8) is 0 Å². The lowest BCUT2D eigenvalue weighted by Crippen LogP contribution is -2.48.